The molecular weight excluding hydrogens is 334 g/mol. The molecule has 2 heterocycles. The van der Waals surface area contributed by atoms with Gasteiger partial charge < -0.3 is 0 Å². The van der Waals surface area contributed by atoms with Crippen LogP contribution in [0.2, 0.25) is 0 Å². The highest BCUT2D eigenvalue weighted by Crippen LogP contribution is 2.39. The fraction of sp³-hybridized carbons (Fsp3) is 0.263. The predicted octanol–water partition coefficient (Wildman–Crippen LogP) is 5.00. The Bertz CT molecular complexity index is 858. The number of thioether (sulfide) groups is 2. The third-order valence-electron chi connectivity index (χ3n) is 4.39. The van der Waals surface area contributed by atoms with Crippen molar-refractivity contribution in [2.45, 2.75) is 29.9 Å². The molecule has 1 aliphatic heterocycles. The Kier molecular flexibility index (Phi) is 4.37. The number of hydrogen-bond acceptors (Lipinski definition) is 4. The molecule has 0 unspecified atom stereocenters. The summed E-state index contributed by atoms with van der Waals surface area (Å²) in [5, 5.41) is 9.83. The molecule has 0 saturated carbocycles. The van der Waals surface area contributed by atoms with E-state index in [-0.39, 0.29) is 0 Å². The summed E-state index contributed by atoms with van der Waals surface area (Å²) in [5.74, 6) is 3.10. The molecule has 3 aromatic rings. The van der Waals surface area contributed by atoms with Crippen molar-refractivity contribution in [3.63, 3.8) is 0 Å². The molecule has 4 rings (SSSR count). The zero-order chi connectivity index (χ0) is 16.5. The van der Waals surface area contributed by atoms with Crippen LogP contribution in [0.4, 0.5) is 0 Å². The normalized spacial score (nSPS) is 16.3. The Morgan fingerprint density at radius 1 is 1.08 bits per heavy atom. The Hall–Kier alpha value is -1.72. The maximum Gasteiger partial charge on any atom is 0.191 e. The molecule has 2 aromatic carbocycles. The molecule has 0 bridgehead atoms. The van der Waals surface area contributed by atoms with Crippen LogP contribution in [0.5, 0.6) is 0 Å². The van der Waals surface area contributed by atoms with Gasteiger partial charge in [0.2, 0.25) is 0 Å². The van der Waals surface area contributed by atoms with E-state index in [4.69, 9.17) is 0 Å². The van der Waals surface area contributed by atoms with Crippen LogP contribution in [0, 0.1) is 13.8 Å². The Morgan fingerprint density at radius 3 is 2.71 bits per heavy atom. The van der Waals surface area contributed by atoms with Gasteiger partial charge in [-0.15, -0.1) is 22.0 Å². The zero-order valence-electron chi connectivity index (χ0n) is 13.8. The van der Waals surface area contributed by atoms with Crippen molar-refractivity contribution in [1.29, 1.82) is 0 Å². The smallest absolute Gasteiger partial charge is 0.191 e. The van der Waals surface area contributed by atoms with E-state index < -0.39 is 0 Å². The highest BCUT2D eigenvalue weighted by atomic mass is 32.2. The second-order valence-electron chi connectivity index (χ2n) is 6.06. The molecule has 0 radical (unpaired) electrons. The predicted molar refractivity (Wildman–Crippen MR) is 102 cm³/mol. The lowest BCUT2D eigenvalue weighted by atomic mass is 10.1. The van der Waals surface area contributed by atoms with Crippen molar-refractivity contribution in [2.24, 2.45) is 0 Å². The SMILES string of the molecule is Cc1ccc(SC[C@@H]2CSc3nnc(-c4ccccc4)n32)cc1C. The van der Waals surface area contributed by atoms with E-state index in [1.807, 2.05) is 29.6 Å². The van der Waals surface area contributed by atoms with Gasteiger partial charge in [0, 0.05) is 22.0 Å². The minimum absolute atomic E-state index is 0.432. The third kappa shape index (κ3) is 2.98. The van der Waals surface area contributed by atoms with Gasteiger partial charge in [0.25, 0.3) is 0 Å². The lowest BCUT2D eigenvalue weighted by Gasteiger charge is -2.14. The second kappa shape index (κ2) is 6.65. The number of aromatic nitrogens is 3. The summed E-state index contributed by atoms with van der Waals surface area (Å²) in [6, 6.07) is 17.5. The molecule has 0 amide bonds. The first-order valence-corrected chi connectivity index (χ1v) is 10.0. The van der Waals surface area contributed by atoms with Crippen LogP contribution >= 0.6 is 23.5 Å². The maximum atomic E-state index is 4.42. The highest BCUT2D eigenvalue weighted by molar-refractivity contribution is 8.00. The van der Waals surface area contributed by atoms with Crippen molar-refractivity contribution in [3.8, 4) is 11.4 Å². The van der Waals surface area contributed by atoms with E-state index in [1.54, 1.807) is 0 Å². The summed E-state index contributed by atoms with van der Waals surface area (Å²) < 4.78 is 2.31. The van der Waals surface area contributed by atoms with Gasteiger partial charge in [-0.05, 0) is 37.1 Å². The van der Waals surface area contributed by atoms with Gasteiger partial charge in [0.1, 0.15) is 0 Å². The number of fused-ring (bicyclic) bond motifs is 1. The van der Waals surface area contributed by atoms with Crippen LogP contribution < -0.4 is 0 Å². The molecule has 0 N–H and O–H groups in total. The third-order valence-corrected chi connectivity index (χ3v) is 6.61. The zero-order valence-corrected chi connectivity index (χ0v) is 15.4. The Labute approximate surface area is 150 Å². The average Bonchev–Trinajstić information content (AvgIpc) is 3.19. The van der Waals surface area contributed by atoms with E-state index in [1.165, 1.54) is 16.0 Å². The van der Waals surface area contributed by atoms with Gasteiger partial charge in [0.05, 0.1) is 6.04 Å². The van der Waals surface area contributed by atoms with E-state index in [0.29, 0.717) is 6.04 Å². The molecule has 1 aliphatic rings. The Morgan fingerprint density at radius 2 is 1.92 bits per heavy atom. The van der Waals surface area contributed by atoms with E-state index >= 15 is 0 Å². The number of hydrogen-bond donors (Lipinski definition) is 0. The number of nitrogens with zero attached hydrogens (tertiary/aromatic N) is 3. The highest BCUT2D eigenvalue weighted by Gasteiger charge is 2.28. The topological polar surface area (TPSA) is 30.7 Å². The molecule has 0 fully saturated rings. The van der Waals surface area contributed by atoms with Crippen molar-refractivity contribution in [2.75, 3.05) is 11.5 Å². The van der Waals surface area contributed by atoms with Crippen molar-refractivity contribution in [3.05, 3.63) is 59.7 Å². The van der Waals surface area contributed by atoms with E-state index in [2.05, 4.69) is 71.1 Å². The van der Waals surface area contributed by atoms with Gasteiger partial charge >= 0.3 is 0 Å². The van der Waals surface area contributed by atoms with Crippen LogP contribution in [-0.2, 0) is 0 Å². The molecule has 1 aromatic heterocycles. The van der Waals surface area contributed by atoms with E-state index in [9.17, 15) is 0 Å². The lowest BCUT2D eigenvalue weighted by molar-refractivity contribution is 0.597. The first-order chi connectivity index (χ1) is 11.7. The summed E-state index contributed by atoms with van der Waals surface area (Å²) in [7, 11) is 0. The Balaban J connectivity index is 1.55. The van der Waals surface area contributed by atoms with Gasteiger partial charge in [0.15, 0.2) is 11.0 Å². The number of aryl methyl sites for hydroxylation is 2. The van der Waals surface area contributed by atoms with Crippen molar-refractivity contribution >= 4 is 23.5 Å². The van der Waals surface area contributed by atoms with Crippen molar-refractivity contribution < 1.29 is 0 Å². The van der Waals surface area contributed by atoms with Crippen LogP contribution in [0.3, 0.4) is 0 Å². The molecule has 122 valence electrons. The summed E-state index contributed by atoms with van der Waals surface area (Å²) in [6.07, 6.45) is 0. The summed E-state index contributed by atoms with van der Waals surface area (Å²) >= 11 is 3.73. The van der Waals surface area contributed by atoms with Gasteiger partial charge in [-0.1, -0.05) is 48.2 Å². The molecule has 5 heteroatoms. The van der Waals surface area contributed by atoms with Crippen LogP contribution in [-0.4, -0.2) is 26.3 Å². The maximum absolute atomic E-state index is 4.42. The summed E-state index contributed by atoms with van der Waals surface area (Å²) in [5.41, 5.74) is 3.85. The first-order valence-electron chi connectivity index (χ1n) is 8.05. The molecule has 0 spiro atoms. The van der Waals surface area contributed by atoms with Gasteiger partial charge in [-0.3, -0.25) is 4.57 Å². The molecule has 0 aliphatic carbocycles. The van der Waals surface area contributed by atoms with Gasteiger partial charge in [-0.25, -0.2) is 0 Å². The van der Waals surface area contributed by atoms with Crippen molar-refractivity contribution in [1.82, 2.24) is 14.8 Å². The minimum atomic E-state index is 0.432. The first kappa shape index (κ1) is 15.8. The van der Waals surface area contributed by atoms with Crippen LogP contribution in [0.25, 0.3) is 11.4 Å². The van der Waals surface area contributed by atoms with E-state index in [0.717, 1.165) is 28.0 Å². The van der Waals surface area contributed by atoms with Crippen LogP contribution in [0.1, 0.15) is 17.2 Å². The second-order valence-corrected chi connectivity index (χ2v) is 8.14. The summed E-state index contributed by atoms with van der Waals surface area (Å²) in [4.78, 5) is 1.34. The van der Waals surface area contributed by atoms with Gasteiger partial charge in [-0.2, -0.15) is 0 Å². The lowest BCUT2D eigenvalue weighted by Crippen LogP contribution is -2.11. The number of benzene rings is 2. The standard InChI is InChI=1S/C19H19N3S2/c1-13-8-9-17(10-14(13)2)23-11-16-12-24-19-21-20-18(22(16)19)15-6-4-3-5-7-15/h3-10,16H,11-12H2,1-2H3/t16-/m1/s1. The fourth-order valence-electron chi connectivity index (χ4n) is 2.85. The largest absolute Gasteiger partial charge is 0.297 e. The average molecular weight is 354 g/mol. The quantitative estimate of drug-likeness (QED) is 0.618. The monoisotopic (exact) mass is 353 g/mol. The summed E-state index contributed by atoms with van der Waals surface area (Å²) in [6.45, 7) is 4.34. The molecule has 1 atom stereocenters. The molecule has 24 heavy (non-hydrogen) atoms. The molecular formula is C19H19N3S2. The fourth-order valence-corrected chi connectivity index (χ4v) is 5.16. The number of rotatable bonds is 4. The minimum Gasteiger partial charge on any atom is -0.297 e. The molecule has 3 nitrogen and oxygen atoms in total. The van der Waals surface area contributed by atoms with Crippen LogP contribution in [0.15, 0.2) is 58.6 Å². The molecule has 0 saturated heterocycles.